The Labute approximate surface area is 124 Å². The number of rotatable bonds is 2. The van der Waals surface area contributed by atoms with Gasteiger partial charge in [0.1, 0.15) is 11.6 Å². The van der Waals surface area contributed by atoms with Gasteiger partial charge < -0.3 is 4.90 Å². The molecule has 21 heavy (non-hydrogen) atoms. The molecule has 2 unspecified atom stereocenters. The van der Waals surface area contributed by atoms with E-state index >= 15 is 0 Å². The summed E-state index contributed by atoms with van der Waals surface area (Å²) < 4.78 is 13.9. The molecule has 1 amide bonds. The maximum atomic E-state index is 13.9. The van der Waals surface area contributed by atoms with Gasteiger partial charge in [-0.25, -0.2) is 4.39 Å². The van der Waals surface area contributed by atoms with Gasteiger partial charge in [0, 0.05) is 24.9 Å². The minimum absolute atomic E-state index is 0.0348. The Morgan fingerprint density at radius 2 is 2.10 bits per heavy atom. The Morgan fingerprint density at radius 1 is 1.29 bits per heavy atom. The van der Waals surface area contributed by atoms with Gasteiger partial charge in [0.2, 0.25) is 0 Å². The lowest BCUT2D eigenvalue weighted by Gasteiger charge is -2.29. The van der Waals surface area contributed by atoms with Gasteiger partial charge in [-0.1, -0.05) is 11.6 Å². The van der Waals surface area contributed by atoms with E-state index in [1.807, 2.05) is 6.92 Å². The van der Waals surface area contributed by atoms with Crippen molar-refractivity contribution in [2.24, 2.45) is 5.92 Å². The topological polar surface area (TPSA) is 37.4 Å². The maximum absolute atomic E-state index is 13.9. The molecule has 3 rings (SSSR count). The molecule has 1 aliphatic carbocycles. The predicted octanol–water partition coefficient (Wildman–Crippen LogP) is 3.11. The molecule has 1 saturated carbocycles. The van der Waals surface area contributed by atoms with E-state index in [1.165, 1.54) is 6.07 Å². The lowest BCUT2D eigenvalue weighted by Crippen LogP contribution is -2.41. The van der Waals surface area contributed by atoms with Crippen molar-refractivity contribution in [3.63, 3.8) is 0 Å². The molecule has 0 aromatic heterocycles. The first-order chi connectivity index (χ1) is 10.1. The third kappa shape index (κ3) is 2.59. The largest absolute Gasteiger partial charge is 0.335 e. The van der Waals surface area contributed by atoms with Gasteiger partial charge in [-0.3, -0.25) is 9.59 Å². The summed E-state index contributed by atoms with van der Waals surface area (Å²) in [5.74, 6) is -0.513. The highest BCUT2D eigenvalue weighted by molar-refractivity contribution is 5.95. The highest BCUT2D eigenvalue weighted by Gasteiger charge is 2.40. The summed E-state index contributed by atoms with van der Waals surface area (Å²) in [7, 11) is 0. The molecular formula is C17H20FNO2. The summed E-state index contributed by atoms with van der Waals surface area (Å²) in [5.41, 5.74) is 1.000. The van der Waals surface area contributed by atoms with E-state index in [9.17, 15) is 14.0 Å². The SMILES string of the molecule is Cc1ccc(F)c(C(=O)N2CCCC2C2CCCC2=O)c1. The second-order valence-electron chi connectivity index (χ2n) is 6.16. The van der Waals surface area contributed by atoms with Crippen molar-refractivity contribution in [2.75, 3.05) is 6.54 Å². The summed E-state index contributed by atoms with van der Waals surface area (Å²) in [6, 6.07) is 4.57. The van der Waals surface area contributed by atoms with E-state index in [0.29, 0.717) is 13.0 Å². The number of nitrogens with zero attached hydrogens (tertiary/aromatic N) is 1. The standard InChI is InChI=1S/C17H20FNO2/c1-11-7-8-14(18)13(10-11)17(21)19-9-3-5-15(19)12-4-2-6-16(12)20/h7-8,10,12,15H,2-6,9H2,1H3. The summed E-state index contributed by atoms with van der Waals surface area (Å²) >= 11 is 0. The molecule has 112 valence electrons. The van der Waals surface area contributed by atoms with Crippen molar-refractivity contribution in [1.29, 1.82) is 0 Å². The van der Waals surface area contributed by atoms with E-state index in [2.05, 4.69) is 0 Å². The molecule has 2 fully saturated rings. The number of aryl methyl sites for hydroxylation is 1. The molecule has 0 N–H and O–H groups in total. The zero-order valence-electron chi connectivity index (χ0n) is 12.3. The molecule has 0 radical (unpaired) electrons. The molecule has 1 aromatic rings. The van der Waals surface area contributed by atoms with Crippen LogP contribution in [0, 0.1) is 18.7 Å². The van der Waals surface area contributed by atoms with Crippen LogP contribution in [0.1, 0.15) is 48.0 Å². The van der Waals surface area contributed by atoms with E-state index in [-0.39, 0.29) is 29.2 Å². The number of carbonyl (C=O) groups excluding carboxylic acids is 2. The minimum atomic E-state index is -0.478. The molecule has 2 atom stereocenters. The van der Waals surface area contributed by atoms with Gasteiger partial charge in [-0.05, 0) is 44.7 Å². The van der Waals surface area contributed by atoms with Crippen LogP contribution in [-0.2, 0) is 4.79 Å². The molecule has 3 nitrogen and oxygen atoms in total. The lowest BCUT2D eigenvalue weighted by atomic mass is 9.94. The monoisotopic (exact) mass is 289 g/mol. The number of Topliss-reactive ketones (excluding diaryl/α,β-unsaturated/α-hetero) is 1. The number of likely N-dealkylation sites (tertiary alicyclic amines) is 1. The van der Waals surface area contributed by atoms with Crippen LogP contribution >= 0.6 is 0 Å². The maximum Gasteiger partial charge on any atom is 0.257 e. The Balaban J connectivity index is 1.86. The second kappa shape index (κ2) is 5.58. The smallest absolute Gasteiger partial charge is 0.257 e. The summed E-state index contributed by atoms with van der Waals surface area (Å²) in [5, 5.41) is 0. The lowest BCUT2D eigenvalue weighted by molar-refractivity contribution is -0.121. The molecule has 1 heterocycles. The summed E-state index contributed by atoms with van der Waals surface area (Å²) in [6.07, 6.45) is 4.16. The molecular weight excluding hydrogens is 269 g/mol. The van der Waals surface area contributed by atoms with Crippen molar-refractivity contribution in [3.05, 3.63) is 35.1 Å². The molecule has 1 saturated heterocycles. The quantitative estimate of drug-likeness (QED) is 0.839. The van der Waals surface area contributed by atoms with Crippen molar-refractivity contribution in [2.45, 2.75) is 45.1 Å². The Hall–Kier alpha value is -1.71. The first kappa shape index (κ1) is 14.2. The molecule has 2 aliphatic rings. The first-order valence-corrected chi connectivity index (χ1v) is 7.68. The van der Waals surface area contributed by atoms with Crippen LogP contribution < -0.4 is 0 Å². The highest BCUT2D eigenvalue weighted by atomic mass is 19.1. The fraction of sp³-hybridized carbons (Fsp3) is 0.529. The van der Waals surface area contributed by atoms with E-state index in [0.717, 1.165) is 31.2 Å². The molecule has 1 aromatic carbocycles. The normalized spacial score (nSPS) is 25.6. The van der Waals surface area contributed by atoms with E-state index in [4.69, 9.17) is 0 Å². The zero-order chi connectivity index (χ0) is 15.0. The molecule has 4 heteroatoms. The fourth-order valence-electron chi connectivity index (χ4n) is 3.67. The van der Waals surface area contributed by atoms with E-state index < -0.39 is 5.82 Å². The molecule has 0 bridgehead atoms. The van der Waals surface area contributed by atoms with Crippen LogP contribution in [0.4, 0.5) is 4.39 Å². The average Bonchev–Trinajstić information content (AvgIpc) is 3.08. The van der Waals surface area contributed by atoms with Gasteiger partial charge in [0.25, 0.3) is 5.91 Å². The van der Waals surface area contributed by atoms with Gasteiger partial charge in [0.05, 0.1) is 5.56 Å². The number of amides is 1. The number of benzene rings is 1. The van der Waals surface area contributed by atoms with Crippen molar-refractivity contribution in [3.8, 4) is 0 Å². The van der Waals surface area contributed by atoms with Gasteiger partial charge in [-0.2, -0.15) is 0 Å². The number of ketones is 1. The second-order valence-corrected chi connectivity index (χ2v) is 6.16. The number of carbonyl (C=O) groups is 2. The molecule has 0 spiro atoms. The third-order valence-corrected chi connectivity index (χ3v) is 4.73. The highest BCUT2D eigenvalue weighted by Crippen LogP contribution is 2.34. The van der Waals surface area contributed by atoms with Crippen LogP contribution in [0.15, 0.2) is 18.2 Å². The van der Waals surface area contributed by atoms with E-state index in [1.54, 1.807) is 17.0 Å². The Kier molecular flexibility index (Phi) is 3.79. The predicted molar refractivity (Wildman–Crippen MR) is 77.5 cm³/mol. The average molecular weight is 289 g/mol. The van der Waals surface area contributed by atoms with Crippen molar-refractivity contribution < 1.29 is 14.0 Å². The van der Waals surface area contributed by atoms with Crippen LogP contribution in [0.25, 0.3) is 0 Å². The van der Waals surface area contributed by atoms with Crippen LogP contribution in [-0.4, -0.2) is 29.2 Å². The van der Waals surface area contributed by atoms with Crippen LogP contribution in [0.3, 0.4) is 0 Å². The third-order valence-electron chi connectivity index (χ3n) is 4.73. The van der Waals surface area contributed by atoms with Gasteiger partial charge in [0.15, 0.2) is 0 Å². The Bertz CT molecular complexity index is 584. The van der Waals surface area contributed by atoms with Crippen LogP contribution in [0.5, 0.6) is 0 Å². The van der Waals surface area contributed by atoms with Gasteiger partial charge in [-0.15, -0.1) is 0 Å². The number of halogens is 1. The van der Waals surface area contributed by atoms with Crippen LogP contribution in [0.2, 0.25) is 0 Å². The minimum Gasteiger partial charge on any atom is -0.335 e. The summed E-state index contributed by atoms with van der Waals surface area (Å²) in [4.78, 5) is 26.4. The van der Waals surface area contributed by atoms with Gasteiger partial charge >= 0.3 is 0 Å². The number of hydrogen-bond acceptors (Lipinski definition) is 2. The number of hydrogen-bond donors (Lipinski definition) is 0. The summed E-state index contributed by atoms with van der Waals surface area (Å²) in [6.45, 7) is 2.47. The van der Waals surface area contributed by atoms with Crippen molar-refractivity contribution in [1.82, 2.24) is 4.90 Å². The first-order valence-electron chi connectivity index (χ1n) is 7.68. The molecule has 1 aliphatic heterocycles. The fourth-order valence-corrected chi connectivity index (χ4v) is 3.67. The zero-order valence-corrected chi connectivity index (χ0v) is 12.3. The van der Waals surface area contributed by atoms with Crippen molar-refractivity contribution >= 4 is 11.7 Å². The Morgan fingerprint density at radius 3 is 2.81 bits per heavy atom.